The number of benzene rings is 3. The number of carbonyl (C=O) groups is 2. The summed E-state index contributed by atoms with van der Waals surface area (Å²) in [4.78, 5) is 29.3. The lowest BCUT2D eigenvalue weighted by atomic mass is 9.97. The number of hydrogen-bond acceptors (Lipinski definition) is 4. The molecule has 1 fully saturated rings. The molecule has 0 unspecified atom stereocenters. The predicted octanol–water partition coefficient (Wildman–Crippen LogP) is 6.22. The Balaban J connectivity index is 1.50. The first-order chi connectivity index (χ1) is 17.0. The molecule has 0 saturated carbocycles. The summed E-state index contributed by atoms with van der Waals surface area (Å²) in [6.45, 7) is 4.55. The van der Waals surface area contributed by atoms with E-state index in [1.165, 1.54) is 0 Å². The molecule has 7 heteroatoms. The van der Waals surface area contributed by atoms with Crippen LogP contribution in [0, 0.1) is 5.92 Å². The highest BCUT2D eigenvalue weighted by molar-refractivity contribution is 7.98. The average molecular weight is 489 g/mol. The van der Waals surface area contributed by atoms with Gasteiger partial charge in [0.25, 0.3) is 5.91 Å². The highest BCUT2D eigenvalue weighted by Crippen LogP contribution is 2.29. The molecule has 0 atom stereocenters. The Labute approximate surface area is 211 Å². The van der Waals surface area contributed by atoms with E-state index in [-0.39, 0.29) is 11.9 Å². The van der Waals surface area contributed by atoms with Crippen LogP contribution < -0.4 is 20.9 Å². The molecule has 0 bridgehead atoms. The number of nitrogens with zero attached hydrogens (tertiary/aromatic N) is 1. The Morgan fingerprint density at radius 2 is 1.57 bits per heavy atom. The van der Waals surface area contributed by atoms with Crippen LogP contribution >= 0.6 is 11.8 Å². The third-order valence-electron chi connectivity index (χ3n) is 6.27. The van der Waals surface area contributed by atoms with Crippen molar-refractivity contribution in [3.63, 3.8) is 0 Å². The van der Waals surface area contributed by atoms with Gasteiger partial charge in [-0.05, 0) is 73.0 Å². The highest BCUT2D eigenvalue weighted by atomic mass is 32.2. The molecular weight excluding hydrogens is 456 g/mol. The van der Waals surface area contributed by atoms with E-state index >= 15 is 0 Å². The van der Waals surface area contributed by atoms with Gasteiger partial charge >= 0.3 is 6.03 Å². The molecule has 182 valence electrons. The van der Waals surface area contributed by atoms with Crippen molar-refractivity contribution in [1.29, 1.82) is 0 Å². The first-order valence-electron chi connectivity index (χ1n) is 11.9. The fraction of sp³-hybridized carbons (Fsp3) is 0.286. The van der Waals surface area contributed by atoms with Crippen molar-refractivity contribution >= 4 is 40.8 Å². The van der Waals surface area contributed by atoms with Crippen LogP contribution in [0.1, 0.15) is 35.7 Å². The van der Waals surface area contributed by atoms with Gasteiger partial charge in [-0.1, -0.05) is 37.3 Å². The van der Waals surface area contributed by atoms with Gasteiger partial charge in [-0.3, -0.25) is 4.79 Å². The molecule has 0 spiro atoms. The number of anilines is 3. The van der Waals surface area contributed by atoms with Crippen molar-refractivity contribution in [3.8, 4) is 0 Å². The molecule has 6 nitrogen and oxygen atoms in total. The Hall–Kier alpha value is -3.45. The topological polar surface area (TPSA) is 73.5 Å². The Morgan fingerprint density at radius 3 is 2.26 bits per heavy atom. The van der Waals surface area contributed by atoms with Gasteiger partial charge in [-0.15, -0.1) is 11.8 Å². The van der Waals surface area contributed by atoms with Crippen LogP contribution in [0.5, 0.6) is 0 Å². The summed E-state index contributed by atoms with van der Waals surface area (Å²) in [5.74, 6) is 0.537. The normalized spacial score (nSPS) is 13.8. The number of rotatable bonds is 7. The second-order valence-corrected chi connectivity index (χ2v) is 9.76. The number of carbonyl (C=O) groups excluding carboxylic acids is 2. The second-order valence-electron chi connectivity index (χ2n) is 8.88. The van der Waals surface area contributed by atoms with Crippen LogP contribution in [0.3, 0.4) is 0 Å². The molecule has 1 aliphatic heterocycles. The molecule has 35 heavy (non-hydrogen) atoms. The molecule has 3 amide bonds. The summed E-state index contributed by atoms with van der Waals surface area (Å²) < 4.78 is 0. The smallest absolute Gasteiger partial charge is 0.323 e. The van der Waals surface area contributed by atoms with E-state index in [0.29, 0.717) is 29.4 Å². The number of piperidine rings is 1. The second kappa shape index (κ2) is 11.8. The Bertz CT molecular complexity index is 1140. The van der Waals surface area contributed by atoms with Gasteiger partial charge in [-0.2, -0.15) is 0 Å². The van der Waals surface area contributed by atoms with E-state index in [2.05, 4.69) is 27.8 Å². The maximum atomic E-state index is 13.3. The summed E-state index contributed by atoms with van der Waals surface area (Å²) >= 11 is 1.65. The van der Waals surface area contributed by atoms with Gasteiger partial charge in [0.1, 0.15) is 0 Å². The zero-order valence-electron chi connectivity index (χ0n) is 20.2. The fourth-order valence-electron chi connectivity index (χ4n) is 4.16. The Morgan fingerprint density at radius 1 is 0.914 bits per heavy atom. The van der Waals surface area contributed by atoms with E-state index in [1.54, 1.807) is 17.8 Å². The maximum Gasteiger partial charge on any atom is 0.323 e. The number of urea groups is 1. The number of nitrogens with one attached hydrogen (secondary N) is 3. The van der Waals surface area contributed by atoms with Crippen LogP contribution in [0.2, 0.25) is 0 Å². The lowest BCUT2D eigenvalue weighted by Gasteiger charge is -2.33. The first kappa shape index (κ1) is 24.7. The fourth-order valence-corrected chi connectivity index (χ4v) is 4.57. The number of amides is 3. The Kier molecular flexibility index (Phi) is 8.32. The maximum absolute atomic E-state index is 13.3. The van der Waals surface area contributed by atoms with Gasteiger partial charge in [0, 0.05) is 41.6 Å². The minimum Gasteiger partial charge on any atom is -0.371 e. The van der Waals surface area contributed by atoms with Gasteiger partial charge in [0.15, 0.2) is 0 Å². The predicted molar refractivity (Wildman–Crippen MR) is 146 cm³/mol. The number of hydrogen-bond donors (Lipinski definition) is 3. The van der Waals surface area contributed by atoms with Crippen LogP contribution in [-0.2, 0) is 6.54 Å². The zero-order chi connectivity index (χ0) is 24.6. The molecular formula is C28H32N4O2S. The van der Waals surface area contributed by atoms with Crippen molar-refractivity contribution in [2.24, 2.45) is 5.92 Å². The summed E-state index contributed by atoms with van der Waals surface area (Å²) in [7, 11) is 0. The molecule has 0 aromatic heterocycles. The van der Waals surface area contributed by atoms with Crippen molar-refractivity contribution in [1.82, 2.24) is 5.32 Å². The molecule has 4 rings (SSSR count). The molecule has 1 saturated heterocycles. The van der Waals surface area contributed by atoms with Gasteiger partial charge in [0.05, 0.1) is 5.56 Å². The summed E-state index contributed by atoms with van der Waals surface area (Å²) in [6.07, 6.45) is 4.21. The summed E-state index contributed by atoms with van der Waals surface area (Å²) in [5.41, 5.74) is 3.79. The van der Waals surface area contributed by atoms with E-state index in [9.17, 15) is 9.59 Å². The van der Waals surface area contributed by atoms with E-state index in [1.807, 2.05) is 73.0 Å². The van der Waals surface area contributed by atoms with Crippen LogP contribution in [0.4, 0.5) is 21.9 Å². The van der Waals surface area contributed by atoms with Crippen molar-refractivity contribution < 1.29 is 9.59 Å². The lowest BCUT2D eigenvalue weighted by molar-refractivity contribution is 0.0951. The summed E-state index contributed by atoms with van der Waals surface area (Å²) in [5, 5.41) is 8.76. The van der Waals surface area contributed by atoms with Gasteiger partial charge in [-0.25, -0.2) is 4.79 Å². The first-order valence-corrected chi connectivity index (χ1v) is 13.2. The van der Waals surface area contributed by atoms with Crippen LogP contribution in [0.15, 0.2) is 77.7 Å². The standard InChI is InChI=1S/C28H32N4O2S/c1-20-14-16-32(17-15-20)26-13-10-23(31-28(34)30-22-8-11-24(35-2)12-9-22)18-25(26)27(33)29-19-21-6-4-3-5-7-21/h3-13,18,20H,14-17,19H2,1-2H3,(H,29,33)(H2,30,31,34). The van der Waals surface area contributed by atoms with E-state index < -0.39 is 0 Å². The highest BCUT2D eigenvalue weighted by Gasteiger charge is 2.22. The number of thioether (sulfide) groups is 1. The third kappa shape index (κ3) is 6.79. The molecule has 1 heterocycles. The van der Waals surface area contributed by atoms with E-state index in [4.69, 9.17) is 0 Å². The largest absolute Gasteiger partial charge is 0.371 e. The summed E-state index contributed by atoms with van der Waals surface area (Å²) in [6, 6.07) is 22.7. The van der Waals surface area contributed by atoms with Gasteiger partial charge < -0.3 is 20.9 Å². The quantitative estimate of drug-likeness (QED) is 0.345. The SMILES string of the molecule is CSc1ccc(NC(=O)Nc2ccc(N3CCC(C)CC3)c(C(=O)NCc3ccccc3)c2)cc1. The molecule has 1 aliphatic rings. The van der Waals surface area contributed by atoms with Crippen LogP contribution in [0.25, 0.3) is 0 Å². The minimum atomic E-state index is -0.350. The minimum absolute atomic E-state index is 0.154. The van der Waals surface area contributed by atoms with Crippen LogP contribution in [-0.4, -0.2) is 31.3 Å². The third-order valence-corrected chi connectivity index (χ3v) is 7.01. The lowest BCUT2D eigenvalue weighted by Crippen LogP contribution is -2.35. The van der Waals surface area contributed by atoms with Gasteiger partial charge in [0.2, 0.25) is 0 Å². The van der Waals surface area contributed by atoms with Crippen molar-refractivity contribution in [2.75, 3.05) is 34.9 Å². The average Bonchev–Trinajstić information content (AvgIpc) is 2.89. The molecule has 3 aromatic rings. The molecule has 0 radical (unpaired) electrons. The van der Waals surface area contributed by atoms with Crippen molar-refractivity contribution in [3.05, 3.63) is 83.9 Å². The zero-order valence-corrected chi connectivity index (χ0v) is 21.0. The molecule has 3 aromatic carbocycles. The molecule has 3 N–H and O–H groups in total. The monoisotopic (exact) mass is 488 g/mol. The van der Waals surface area contributed by atoms with E-state index in [0.717, 1.165) is 42.1 Å². The van der Waals surface area contributed by atoms with Crippen molar-refractivity contribution in [2.45, 2.75) is 31.2 Å². The molecule has 0 aliphatic carbocycles.